The van der Waals surface area contributed by atoms with E-state index < -0.39 is 11.6 Å². The minimum absolute atomic E-state index is 0.210. The second-order valence-electron chi connectivity index (χ2n) is 7.20. The average Bonchev–Trinajstić information content (AvgIpc) is 3.27. The van der Waals surface area contributed by atoms with Crippen LogP contribution in [-0.4, -0.2) is 43.6 Å². The van der Waals surface area contributed by atoms with Gasteiger partial charge in [0, 0.05) is 44.8 Å². The lowest BCUT2D eigenvalue weighted by molar-refractivity contribution is 0.275. The van der Waals surface area contributed by atoms with Gasteiger partial charge in [0.2, 0.25) is 0 Å². The third-order valence-corrected chi connectivity index (χ3v) is 5.28. The molecule has 1 saturated carbocycles. The smallest absolute Gasteiger partial charge is 0.191 e. The molecule has 2 N–H and O–H groups in total. The fraction of sp³-hybridized carbons (Fsp3) is 0.632. The Bertz CT molecular complexity index is 599. The van der Waals surface area contributed by atoms with Gasteiger partial charge in [0.25, 0.3) is 0 Å². The summed E-state index contributed by atoms with van der Waals surface area (Å²) in [7, 11) is 1.70. The lowest BCUT2D eigenvalue weighted by Crippen LogP contribution is -2.44. The summed E-state index contributed by atoms with van der Waals surface area (Å²) >= 11 is 0. The van der Waals surface area contributed by atoms with Crippen molar-refractivity contribution < 1.29 is 8.78 Å². The molecular weight excluding hydrogens is 322 g/mol. The highest BCUT2D eigenvalue weighted by Gasteiger charge is 2.26. The van der Waals surface area contributed by atoms with Crippen LogP contribution in [0.25, 0.3) is 0 Å². The van der Waals surface area contributed by atoms with Gasteiger partial charge in [-0.05, 0) is 43.4 Å². The largest absolute Gasteiger partial charge is 0.352 e. The van der Waals surface area contributed by atoms with Gasteiger partial charge in [-0.2, -0.15) is 0 Å². The first-order valence-corrected chi connectivity index (χ1v) is 9.27. The Kier molecular flexibility index (Phi) is 6.24. The number of benzene rings is 1. The van der Waals surface area contributed by atoms with Crippen molar-refractivity contribution in [2.45, 2.75) is 44.7 Å². The first kappa shape index (κ1) is 18.1. The van der Waals surface area contributed by atoms with Gasteiger partial charge in [0.05, 0.1) is 0 Å². The quantitative estimate of drug-likeness (QED) is 0.634. The van der Waals surface area contributed by atoms with Gasteiger partial charge in [-0.1, -0.05) is 12.8 Å². The van der Waals surface area contributed by atoms with Crippen molar-refractivity contribution in [1.82, 2.24) is 15.5 Å². The number of likely N-dealkylation sites (tertiary alicyclic amines) is 1. The van der Waals surface area contributed by atoms with E-state index in [0.717, 1.165) is 37.6 Å². The SMILES string of the molecule is CN=C(NCc1cc(F)ccc1F)NC1CCN(CC2CCCC2)C1. The molecule has 4 nitrogen and oxygen atoms in total. The summed E-state index contributed by atoms with van der Waals surface area (Å²) in [6.07, 6.45) is 6.59. The zero-order valence-electron chi connectivity index (χ0n) is 14.9. The van der Waals surface area contributed by atoms with Crippen LogP contribution >= 0.6 is 0 Å². The van der Waals surface area contributed by atoms with E-state index in [2.05, 4.69) is 20.5 Å². The third kappa shape index (κ3) is 5.14. The van der Waals surface area contributed by atoms with Gasteiger partial charge >= 0.3 is 0 Å². The van der Waals surface area contributed by atoms with Crippen LogP contribution in [0.15, 0.2) is 23.2 Å². The molecule has 1 aliphatic heterocycles. The first-order valence-electron chi connectivity index (χ1n) is 9.27. The molecule has 1 aromatic rings. The number of aliphatic imine (C=N–C) groups is 1. The summed E-state index contributed by atoms with van der Waals surface area (Å²) in [6, 6.07) is 3.85. The Labute approximate surface area is 148 Å². The fourth-order valence-corrected chi connectivity index (χ4v) is 3.92. The van der Waals surface area contributed by atoms with Crippen LogP contribution in [0, 0.1) is 17.6 Å². The standard InChI is InChI=1S/C19H28F2N4/c1-22-19(23-11-15-10-16(20)6-7-18(15)21)24-17-8-9-25(13-17)12-14-4-2-3-5-14/h6-7,10,14,17H,2-5,8-9,11-13H2,1H3,(H2,22,23,24). The normalized spacial score (nSPS) is 22.5. The summed E-state index contributed by atoms with van der Waals surface area (Å²) in [4.78, 5) is 6.74. The topological polar surface area (TPSA) is 39.7 Å². The van der Waals surface area contributed by atoms with Gasteiger partial charge in [-0.15, -0.1) is 0 Å². The summed E-state index contributed by atoms with van der Waals surface area (Å²) in [6.45, 7) is 3.55. The molecule has 1 aromatic carbocycles. The number of nitrogens with one attached hydrogen (secondary N) is 2. The second-order valence-corrected chi connectivity index (χ2v) is 7.20. The van der Waals surface area contributed by atoms with E-state index in [4.69, 9.17) is 0 Å². The predicted molar refractivity (Wildman–Crippen MR) is 96.5 cm³/mol. The fourth-order valence-electron chi connectivity index (χ4n) is 3.92. The van der Waals surface area contributed by atoms with Crippen molar-refractivity contribution in [3.05, 3.63) is 35.4 Å². The number of hydrogen-bond acceptors (Lipinski definition) is 2. The minimum atomic E-state index is -0.431. The Balaban J connectivity index is 1.45. The van der Waals surface area contributed by atoms with Crippen LogP contribution in [0.2, 0.25) is 0 Å². The molecule has 0 spiro atoms. The second kappa shape index (κ2) is 8.61. The molecule has 3 rings (SSSR count). The van der Waals surface area contributed by atoms with Crippen LogP contribution in [0.5, 0.6) is 0 Å². The van der Waals surface area contributed by atoms with E-state index in [1.165, 1.54) is 38.3 Å². The summed E-state index contributed by atoms with van der Waals surface area (Å²) in [5.74, 6) is 0.663. The maximum atomic E-state index is 13.7. The van der Waals surface area contributed by atoms with Gasteiger partial charge < -0.3 is 15.5 Å². The van der Waals surface area contributed by atoms with Crippen LogP contribution in [0.3, 0.4) is 0 Å². The maximum absolute atomic E-state index is 13.7. The number of halogens is 2. The van der Waals surface area contributed by atoms with Gasteiger partial charge in [-0.25, -0.2) is 8.78 Å². The zero-order chi connectivity index (χ0) is 17.6. The molecule has 1 atom stereocenters. The van der Waals surface area contributed by atoms with Crippen LogP contribution in [0.4, 0.5) is 8.78 Å². The van der Waals surface area contributed by atoms with E-state index >= 15 is 0 Å². The number of nitrogens with zero attached hydrogens (tertiary/aromatic N) is 2. The molecule has 138 valence electrons. The highest BCUT2D eigenvalue weighted by Crippen LogP contribution is 2.26. The molecule has 1 heterocycles. The first-order chi connectivity index (χ1) is 12.1. The van der Waals surface area contributed by atoms with Crippen molar-refractivity contribution in [2.24, 2.45) is 10.9 Å². The highest BCUT2D eigenvalue weighted by atomic mass is 19.1. The Morgan fingerprint density at radius 2 is 2.04 bits per heavy atom. The Hall–Kier alpha value is -1.69. The van der Waals surface area contributed by atoms with E-state index in [9.17, 15) is 8.78 Å². The lowest BCUT2D eigenvalue weighted by Gasteiger charge is -2.21. The Morgan fingerprint density at radius 1 is 1.24 bits per heavy atom. The predicted octanol–water partition coefficient (Wildman–Crippen LogP) is 2.89. The number of hydrogen-bond donors (Lipinski definition) is 2. The van der Waals surface area contributed by atoms with Crippen molar-refractivity contribution in [2.75, 3.05) is 26.7 Å². The van der Waals surface area contributed by atoms with Crippen molar-refractivity contribution >= 4 is 5.96 Å². The molecule has 1 unspecified atom stereocenters. The molecule has 2 fully saturated rings. The molecule has 0 bridgehead atoms. The molecule has 0 amide bonds. The van der Waals surface area contributed by atoms with Crippen LogP contribution < -0.4 is 10.6 Å². The zero-order valence-corrected chi connectivity index (χ0v) is 14.9. The van der Waals surface area contributed by atoms with Crippen molar-refractivity contribution in [3.8, 4) is 0 Å². The molecule has 0 aromatic heterocycles. The van der Waals surface area contributed by atoms with Gasteiger partial charge in [0.1, 0.15) is 11.6 Å². The van der Waals surface area contributed by atoms with E-state index in [-0.39, 0.29) is 6.54 Å². The Morgan fingerprint density at radius 3 is 2.80 bits per heavy atom. The van der Waals surface area contributed by atoms with Gasteiger partial charge in [0.15, 0.2) is 5.96 Å². The minimum Gasteiger partial charge on any atom is -0.352 e. The van der Waals surface area contributed by atoms with Gasteiger partial charge in [-0.3, -0.25) is 4.99 Å². The molecular formula is C19H28F2N4. The van der Waals surface area contributed by atoms with E-state index in [0.29, 0.717) is 17.6 Å². The molecule has 1 saturated heterocycles. The molecule has 0 radical (unpaired) electrons. The lowest BCUT2D eigenvalue weighted by atomic mass is 10.1. The number of rotatable bonds is 5. The summed E-state index contributed by atoms with van der Waals surface area (Å²) in [5, 5.41) is 6.49. The highest BCUT2D eigenvalue weighted by molar-refractivity contribution is 5.80. The van der Waals surface area contributed by atoms with Crippen LogP contribution in [-0.2, 0) is 6.54 Å². The summed E-state index contributed by atoms with van der Waals surface area (Å²) in [5.41, 5.74) is 0.303. The molecule has 1 aliphatic carbocycles. The van der Waals surface area contributed by atoms with E-state index in [1.807, 2.05) is 0 Å². The average molecular weight is 350 g/mol. The number of guanidine groups is 1. The summed E-state index contributed by atoms with van der Waals surface area (Å²) < 4.78 is 26.9. The molecule has 25 heavy (non-hydrogen) atoms. The molecule has 2 aliphatic rings. The monoisotopic (exact) mass is 350 g/mol. The maximum Gasteiger partial charge on any atom is 0.191 e. The van der Waals surface area contributed by atoms with Crippen molar-refractivity contribution in [3.63, 3.8) is 0 Å². The third-order valence-electron chi connectivity index (χ3n) is 5.28. The molecule has 6 heteroatoms. The van der Waals surface area contributed by atoms with Crippen molar-refractivity contribution in [1.29, 1.82) is 0 Å². The van der Waals surface area contributed by atoms with E-state index in [1.54, 1.807) is 7.05 Å². The van der Waals surface area contributed by atoms with Crippen LogP contribution in [0.1, 0.15) is 37.7 Å².